The van der Waals surface area contributed by atoms with Crippen molar-refractivity contribution in [2.24, 2.45) is 4.99 Å². The Bertz CT molecular complexity index is 1310. The van der Waals surface area contributed by atoms with Crippen molar-refractivity contribution in [1.82, 2.24) is 14.3 Å². The van der Waals surface area contributed by atoms with Crippen LogP contribution in [-0.4, -0.2) is 26.8 Å². The van der Waals surface area contributed by atoms with Gasteiger partial charge in [0.2, 0.25) is 0 Å². The highest BCUT2D eigenvalue weighted by Crippen LogP contribution is 2.47. The number of amidine groups is 1. The number of aromatic nitrogens is 2. The van der Waals surface area contributed by atoms with Gasteiger partial charge in [0, 0.05) is 22.8 Å². The number of alkyl halides is 3. The second kappa shape index (κ2) is 7.92. The lowest BCUT2D eigenvalue weighted by atomic mass is 9.98. The first kappa shape index (κ1) is 21.5. The lowest BCUT2D eigenvalue weighted by molar-refractivity contribution is -0.137. The van der Waals surface area contributed by atoms with Crippen molar-refractivity contribution >= 4 is 40.5 Å². The van der Waals surface area contributed by atoms with Crippen molar-refractivity contribution in [1.29, 1.82) is 0 Å². The fourth-order valence-electron chi connectivity index (χ4n) is 3.71. The molecule has 4 heterocycles. The lowest BCUT2D eigenvalue weighted by Gasteiger charge is -2.27. The molecule has 0 spiro atoms. The number of benzene rings is 1. The Labute approximate surface area is 195 Å². The summed E-state index contributed by atoms with van der Waals surface area (Å²) in [6.45, 7) is 2.16. The quantitative estimate of drug-likeness (QED) is 0.518. The number of aliphatic imine (C=N–C) groups is 1. The molecule has 1 aromatic carbocycles. The molecule has 12 heteroatoms. The van der Waals surface area contributed by atoms with Crippen molar-refractivity contribution in [3.05, 3.63) is 63.4 Å². The van der Waals surface area contributed by atoms with Crippen LogP contribution < -0.4 is 15.8 Å². The average molecular weight is 493 g/mol. The summed E-state index contributed by atoms with van der Waals surface area (Å²) in [5, 5.41) is 3.14. The monoisotopic (exact) mass is 492 g/mol. The van der Waals surface area contributed by atoms with E-state index < -0.39 is 11.7 Å². The van der Waals surface area contributed by atoms with E-state index in [1.54, 1.807) is 12.4 Å². The van der Waals surface area contributed by atoms with E-state index in [-0.39, 0.29) is 34.3 Å². The van der Waals surface area contributed by atoms with Crippen LogP contribution in [0.5, 0.6) is 5.75 Å². The Balaban J connectivity index is 1.68. The summed E-state index contributed by atoms with van der Waals surface area (Å²) in [4.78, 5) is 11.5. The van der Waals surface area contributed by atoms with Crippen molar-refractivity contribution in [3.8, 4) is 17.0 Å². The molecule has 0 saturated carbocycles. The van der Waals surface area contributed by atoms with Gasteiger partial charge in [0.25, 0.3) is 0 Å². The smallest absolute Gasteiger partial charge is 0.418 e. The molecule has 2 aliphatic heterocycles. The second-order valence-electron chi connectivity index (χ2n) is 7.40. The molecule has 33 heavy (non-hydrogen) atoms. The number of nitrogens with two attached hydrogens (primary N) is 1. The molecule has 0 aliphatic carbocycles. The molecule has 3 aromatic rings. The van der Waals surface area contributed by atoms with Gasteiger partial charge in [-0.15, -0.1) is 0 Å². The molecule has 5 rings (SSSR count). The number of ether oxygens (including phenoxy) is 1. The minimum absolute atomic E-state index is 0.00980. The number of hydrogen-bond donors (Lipinski definition) is 2. The Kier molecular flexibility index (Phi) is 5.17. The van der Waals surface area contributed by atoms with Crippen LogP contribution in [0.2, 0.25) is 5.02 Å². The van der Waals surface area contributed by atoms with E-state index in [2.05, 4.69) is 19.7 Å². The van der Waals surface area contributed by atoms with Gasteiger partial charge in [-0.1, -0.05) is 11.6 Å². The Hall–Kier alpha value is -3.31. The topological polar surface area (TPSA) is 88.7 Å². The first-order chi connectivity index (χ1) is 15.7. The van der Waals surface area contributed by atoms with E-state index in [9.17, 15) is 13.2 Å². The predicted molar refractivity (Wildman–Crippen MR) is 121 cm³/mol. The van der Waals surface area contributed by atoms with Crippen molar-refractivity contribution in [3.63, 3.8) is 0 Å². The highest BCUT2D eigenvalue weighted by Gasteiger charge is 2.37. The number of halogens is 4. The zero-order valence-electron chi connectivity index (χ0n) is 17.1. The number of pyridine rings is 1. The fraction of sp³-hybridized carbons (Fsp3) is 0.190. The largest absolute Gasteiger partial charge is 0.463 e. The SMILES string of the molecule is Cc1cc(C(F)(F)F)c(-c2cc3c4c(c2Cl)NCN=C4N(Cc2ccns2)C=CO3)nc1N. The molecule has 0 bridgehead atoms. The van der Waals surface area contributed by atoms with Gasteiger partial charge in [-0.3, -0.25) is 0 Å². The number of hydrogen-bond acceptors (Lipinski definition) is 8. The standard InChI is InChI=1S/C21H16ClF3N6OS/c1-10-6-13(21(23,24)25)17(30-19(10)26)12-7-14-15-18(16(12)22)27-9-28-20(15)31(4-5-32-14)8-11-2-3-29-33-11/h2-7,27H,8-9H2,1H3,(H2,26,30). The van der Waals surface area contributed by atoms with Gasteiger partial charge in [-0.05, 0) is 42.2 Å². The van der Waals surface area contributed by atoms with Gasteiger partial charge in [0.1, 0.15) is 30.3 Å². The van der Waals surface area contributed by atoms with Gasteiger partial charge in [-0.25, -0.2) is 14.3 Å². The second-order valence-corrected chi connectivity index (χ2v) is 8.69. The Morgan fingerprint density at radius 2 is 2.15 bits per heavy atom. The van der Waals surface area contributed by atoms with Crippen molar-refractivity contribution < 1.29 is 17.9 Å². The number of nitrogens with zero attached hydrogens (tertiary/aromatic N) is 4. The summed E-state index contributed by atoms with van der Waals surface area (Å²) in [5.41, 5.74) is 5.83. The van der Waals surface area contributed by atoms with Crippen LogP contribution in [0.4, 0.5) is 24.7 Å². The zero-order chi connectivity index (χ0) is 23.3. The van der Waals surface area contributed by atoms with Gasteiger partial charge in [0.05, 0.1) is 34.1 Å². The molecule has 0 unspecified atom stereocenters. The average Bonchev–Trinajstić information content (AvgIpc) is 3.22. The summed E-state index contributed by atoms with van der Waals surface area (Å²) >= 11 is 8.03. The van der Waals surface area contributed by atoms with Crippen molar-refractivity contribution in [2.75, 3.05) is 17.7 Å². The van der Waals surface area contributed by atoms with Crippen LogP contribution in [0.25, 0.3) is 11.3 Å². The molecule has 2 aliphatic rings. The van der Waals surface area contributed by atoms with E-state index in [1.165, 1.54) is 30.8 Å². The van der Waals surface area contributed by atoms with Crippen molar-refractivity contribution in [2.45, 2.75) is 19.6 Å². The minimum atomic E-state index is -4.65. The first-order valence-corrected chi connectivity index (χ1v) is 10.9. The molecular weight excluding hydrogens is 477 g/mol. The van der Waals surface area contributed by atoms with Gasteiger partial charge in [-0.2, -0.15) is 13.2 Å². The number of nitrogen functional groups attached to an aromatic ring is 1. The van der Waals surface area contributed by atoms with Crippen LogP contribution in [-0.2, 0) is 12.7 Å². The summed E-state index contributed by atoms with van der Waals surface area (Å²) in [7, 11) is 0. The van der Waals surface area contributed by atoms with Gasteiger partial charge < -0.3 is 20.7 Å². The number of aryl methyl sites for hydroxylation is 1. The van der Waals surface area contributed by atoms with E-state index in [0.717, 1.165) is 10.9 Å². The van der Waals surface area contributed by atoms with Gasteiger partial charge in [0.15, 0.2) is 0 Å². The molecule has 0 fully saturated rings. The lowest BCUT2D eigenvalue weighted by Crippen LogP contribution is -2.30. The summed E-state index contributed by atoms with van der Waals surface area (Å²) in [6, 6.07) is 4.32. The summed E-state index contributed by atoms with van der Waals surface area (Å²) in [5.74, 6) is 0.874. The maximum absolute atomic E-state index is 13.9. The highest BCUT2D eigenvalue weighted by atomic mass is 35.5. The third-order valence-corrected chi connectivity index (χ3v) is 6.39. The maximum Gasteiger partial charge on any atom is 0.418 e. The molecule has 0 radical (unpaired) electrons. The summed E-state index contributed by atoms with van der Waals surface area (Å²) in [6.07, 6.45) is 0.227. The Morgan fingerprint density at radius 1 is 1.33 bits per heavy atom. The molecule has 7 nitrogen and oxygen atoms in total. The molecule has 170 valence electrons. The minimum Gasteiger partial charge on any atom is -0.463 e. The van der Waals surface area contributed by atoms with E-state index in [0.29, 0.717) is 29.4 Å². The number of rotatable bonds is 3. The van der Waals surface area contributed by atoms with Crippen LogP contribution in [0.3, 0.4) is 0 Å². The van der Waals surface area contributed by atoms with E-state index in [1.807, 2.05) is 11.0 Å². The third kappa shape index (κ3) is 3.76. The molecule has 0 saturated heterocycles. The van der Waals surface area contributed by atoms with Crippen LogP contribution in [0, 0.1) is 6.92 Å². The molecule has 2 aromatic heterocycles. The van der Waals surface area contributed by atoms with E-state index in [4.69, 9.17) is 22.1 Å². The normalized spacial score (nSPS) is 14.8. The number of nitrogens with one attached hydrogen (secondary N) is 1. The van der Waals surface area contributed by atoms with E-state index >= 15 is 0 Å². The Morgan fingerprint density at radius 3 is 2.88 bits per heavy atom. The maximum atomic E-state index is 13.9. The van der Waals surface area contributed by atoms with Crippen LogP contribution >= 0.6 is 23.1 Å². The predicted octanol–water partition coefficient (Wildman–Crippen LogP) is 5.26. The zero-order valence-corrected chi connectivity index (χ0v) is 18.6. The molecule has 3 N–H and O–H groups in total. The molecule has 0 atom stereocenters. The molecule has 0 amide bonds. The molecular formula is C21H16ClF3N6OS. The van der Waals surface area contributed by atoms with Gasteiger partial charge >= 0.3 is 6.18 Å². The highest BCUT2D eigenvalue weighted by molar-refractivity contribution is 7.05. The summed E-state index contributed by atoms with van der Waals surface area (Å²) < 4.78 is 51.5. The number of anilines is 2. The van der Waals surface area contributed by atoms with Crippen LogP contribution in [0.1, 0.15) is 21.6 Å². The fourth-order valence-corrected chi connectivity index (χ4v) is 4.59. The third-order valence-electron chi connectivity index (χ3n) is 5.27. The first-order valence-electron chi connectivity index (χ1n) is 9.73. The van der Waals surface area contributed by atoms with Crippen LogP contribution in [0.15, 0.2) is 41.9 Å².